The summed E-state index contributed by atoms with van der Waals surface area (Å²) in [4.78, 5) is 29.9. The van der Waals surface area contributed by atoms with Gasteiger partial charge in [-0.25, -0.2) is 14.1 Å². The van der Waals surface area contributed by atoms with Crippen molar-refractivity contribution in [3.8, 4) is 5.69 Å². The average Bonchev–Trinajstić information content (AvgIpc) is 3.36. The highest BCUT2D eigenvalue weighted by atomic mass is 19.1. The quantitative estimate of drug-likeness (QED) is 0.472. The van der Waals surface area contributed by atoms with Crippen LogP contribution in [0.2, 0.25) is 0 Å². The Balaban J connectivity index is 1.32. The molecule has 0 unspecified atom stereocenters. The van der Waals surface area contributed by atoms with Crippen LogP contribution in [0, 0.1) is 5.82 Å². The molecule has 0 atom stereocenters. The fraction of sp³-hybridized carbons (Fsp3) is 0.250. The summed E-state index contributed by atoms with van der Waals surface area (Å²) < 4.78 is 16.9. The van der Waals surface area contributed by atoms with Crippen molar-refractivity contribution in [3.05, 3.63) is 77.1 Å². The molecule has 8 nitrogen and oxygen atoms in total. The predicted molar refractivity (Wildman–Crippen MR) is 120 cm³/mol. The van der Waals surface area contributed by atoms with E-state index in [1.807, 2.05) is 35.9 Å². The van der Waals surface area contributed by atoms with Crippen molar-refractivity contribution in [2.45, 2.75) is 32.1 Å². The topological polar surface area (TPSA) is 93.8 Å². The number of nitrogens with one attached hydrogen (secondary N) is 2. The summed E-state index contributed by atoms with van der Waals surface area (Å²) in [5, 5.41) is 4.51. The highest BCUT2D eigenvalue weighted by molar-refractivity contribution is 5.95. The van der Waals surface area contributed by atoms with Crippen molar-refractivity contribution in [1.29, 1.82) is 0 Å². The Morgan fingerprint density at radius 2 is 1.79 bits per heavy atom. The number of halogens is 1. The van der Waals surface area contributed by atoms with Crippen LogP contribution in [0.1, 0.15) is 40.4 Å². The highest BCUT2D eigenvalue weighted by Gasteiger charge is 2.26. The van der Waals surface area contributed by atoms with Gasteiger partial charge in [0.15, 0.2) is 5.69 Å². The molecule has 0 saturated carbocycles. The van der Waals surface area contributed by atoms with Crippen molar-refractivity contribution in [1.82, 2.24) is 30.2 Å². The molecule has 2 amide bonds. The first kappa shape index (κ1) is 20.9. The van der Waals surface area contributed by atoms with Gasteiger partial charge in [0.2, 0.25) is 5.91 Å². The van der Waals surface area contributed by atoms with Crippen molar-refractivity contribution < 1.29 is 14.0 Å². The second-order valence-corrected chi connectivity index (χ2v) is 8.12. The van der Waals surface area contributed by atoms with Crippen LogP contribution < -0.4 is 10.9 Å². The summed E-state index contributed by atoms with van der Waals surface area (Å²) in [5.74, 6) is -0.595. The summed E-state index contributed by atoms with van der Waals surface area (Å²) >= 11 is 0. The number of hydrogen-bond donors (Lipinski definition) is 2. The zero-order valence-electron chi connectivity index (χ0n) is 18.1. The van der Waals surface area contributed by atoms with Crippen LogP contribution in [0.15, 0.2) is 48.5 Å². The molecule has 0 bridgehead atoms. The van der Waals surface area contributed by atoms with Crippen LogP contribution in [0.3, 0.4) is 0 Å². The Labute approximate surface area is 189 Å². The van der Waals surface area contributed by atoms with Crippen LogP contribution in [-0.2, 0) is 31.1 Å². The number of rotatable bonds is 4. The van der Waals surface area contributed by atoms with Gasteiger partial charge in [-0.15, -0.1) is 0 Å². The van der Waals surface area contributed by atoms with Crippen LogP contribution in [0.25, 0.3) is 16.7 Å². The number of benzene rings is 2. The summed E-state index contributed by atoms with van der Waals surface area (Å²) in [7, 11) is 1.85. The minimum atomic E-state index is -0.479. The molecule has 0 aliphatic heterocycles. The number of nitrogens with zero attached hydrogens (tertiary/aromatic N) is 4. The van der Waals surface area contributed by atoms with Gasteiger partial charge >= 0.3 is 0 Å². The Morgan fingerprint density at radius 1 is 1.03 bits per heavy atom. The second-order valence-electron chi connectivity index (χ2n) is 8.12. The van der Waals surface area contributed by atoms with E-state index in [2.05, 4.69) is 20.9 Å². The van der Waals surface area contributed by atoms with Gasteiger partial charge in [0, 0.05) is 18.3 Å². The summed E-state index contributed by atoms with van der Waals surface area (Å²) in [6.45, 7) is 0. The van der Waals surface area contributed by atoms with E-state index in [0.717, 1.165) is 48.0 Å². The molecule has 33 heavy (non-hydrogen) atoms. The van der Waals surface area contributed by atoms with E-state index in [0.29, 0.717) is 11.5 Å². The molecule has 4 aromatic rings. The summed E-state index contributed by atoms with van der Waals surface area (Å²) in [6, 6.07) is 13.6. The molecule has 0 fully saturated rings. The lowest BCUT2D eigenvalue weighted by Crippen LogP contribution is -2.43. The van der Waals surface area contributed by atoms with Gasteiger partial charge in [-0.3, -0.25) is 20.4 Å². The highest BCUT2D eigenvalue weighted by Crippen LogP contribution is 2.27. The number of para-hydroxylation sites is 2. The third-order valence-electron chi connectivity index (χ3n) is 5.98. The first-order valence-electron chi connectivity index (χ1n) is 10.9. The predicted octanol–water partition coefficient (Wildman–Crippen LogP) is 2.78. The normalized spacial score (nSPS) is 13.0. The molecule has 1 aliphatic carbocycles. The molecule has 2 N–H and O–H groups in total. The first-order chi connectivity index (χ1) is 16.0. The van der Waals surface area contributed by atoms with E-state index >= 15 is 0 Å². The monoisotopic (exact) mass is 446 g/mol. The van der Waals surface area contributed by atoms with E-state index in [1.165, 1.54) is 12.1 Å². The number of carbonyl (C=O) groups excluding carboxylic acids is 2. The third kappa shape index (κ3) is 3.97. The molecular weight excluding hydrogens is 423 g/mol. The lowest BCUT2D eigenvalue weighted by atomic mass is 9.95. The molecule has 9 heteroatoms. The largest absolute Gasteiger partial charge is 0.331 e. The molecule has 2 heterocycles. The molecule has 2 aromatic carbocycles. The van der Waals surface area contributed by atoms with Crippen LogP contribution >= 0.6 is 0 Å². The van der Waals surface area contributed by atoms with Gasteiger partial charge in [0.1, 0.15) is 11.6 Å². The van der Waals surface area contributed by atoms with Crippen molar-refractivity contribution in [2.75, 3.05) is 0 Å². The SMILES string of the molecule is Cn1c(CC(=O)NNC(=O)c2nn(-c3ccc(F)cc3)c3c2CCCC3)nc2ccccc21. The van der Waals surface area contributed by atoms with Gasteiger partial charge in [-0.05, 0) is 62.1 Å². The van der Waals surface area contributed by atoms with E-state index in [1.54, 1.807) is 16.8 Å². The number of hydrazine groups is 1. The number of fused-ring (bicyclic) bond motifs is 2. The van der Waals surface area contributed by atoms with Gasteiger partial charge in [-0.2, -0.15) is 5.10 Å². The molecule has 0 radical (unpaired) electrons. The van der Waals surface area contributed by atoms with E-state index in [-0.39, 0.29) is 23.8 Å². The minimum Gasteiger partial charge on any atom is -0.331 e. The standard InChI is InChI=1S/C24H23FN6O2/c1-30-20-9-5-3-7-18(20)26-21(30)14-22(32)27-28-24(33)23-17-6-2-4-8-19(17)31(29-23)16-12-10-15(25)11-13-16/h3,5,7,9-13H,2,4,6,8,14H2,1H3,(H,27,32)(H,28,33). The Hall–Kier alpha value is -4.01. The summed E-state index contributed by atoms with van der Waals surface area (Å²) in [6.07, 6.45) is 3.49. The molecule has 0 spiro atoms. The minimum absolute atomic E-state index is 0.0214. The third-order valence-corrected chi connectivity index (χ3v) is 5.98. The van der Waals surface area contributed by atoms with E-state index in [9.17, 15) is 14.0 Å². The lowest BCUT2D eigenvalue weighted by Gasteiger charge is -2.14. The average molecular weight is 446 g/mol. The van der Waals surface area contributed by atoms with Crippen molar-refractivity contribution >= 4 is 22.8 Å². The smallest absolute Gasteiger partial charge is 0.290 e. The number of carbonyl (C=O) groups is 2. The van der Waals surface area contributed by atoms with Gasteiger partial charge in [0.25, 0.3) is 5.91 Å². The number of imidazole rings is 1. The van der Waals surface area contributed by atoms with Crippen LogP contribution in [0.4, 0.5) is 4.39 Å². The fourth-order valence-corrected chi connectivity index (χ4v) is 4.30. The van der Waals surface area contributed by atoms with E-state index < -0.39 is 5.91 Å². The number of aryl methyl sites for hydroxylation is 1. The Kier molecular flexibility index (Phi) is 5.37. The lowest BCUT2D eigenvalue weighted by molar-refractivity contribution is -0.121. The molecule has 1 aliphatic rings. The zero-order chi connectivity index (χ0) is 22.9. The van der Waals surface area contributed by atoms with Gasteiger partial charge in [-0.1, -0.05) is 12.1 Å². The van der Waals surface area contributed by atoms with Crippen molar-refractivity contribution in [3.63, 3.8) is 0 Å². The van der Waals surface area contributed by atoms with Gasteiger partial charge in [0.05, 0.1) is 23.1 Å². The maximum atomic E-state index is 13.4. The summed E-state index contributed by atoms with van der Waals surface area (Å²) in [5.41, 5.74) is 9.49. The van der Waals surface area contributed by atoms with Crippen LogP contribution in [-0.4, -0.2) is 31.1 Å². The fourth-order valence-electron chi connectivity index (χ4n) is 4.30. The Bertz CT molecular complexity index is 1360. The molecular formula is C24H23FN6O2. The maximum Gasteiger partial charge on any atom is 0.290 e. The number of aromatic nitrogens is 4. The van der Waals surface area contributed by atoms with Crippen LogP contribution in [0.5, 0.6) is 0 Å². The van der Waals surface area contributed by atoms with E-state index in [4.69, 9.17) is 0 Å². The van der Waals surface area contributed by atoms with Gasteiger partial charge < -0.3 is 4.57 Å². The maximum absolute atomic E-state index is 13.4. The zero-order valence-corrected chi connectivity index (χ0v) is 18.1. The molecule has 0 saturated heterocycles. The molecule has 2 aromatic heterocycles. The number of amides is 2. The first-order valence-corrected chi connectivity index (χ1v) is 10.9. The number of hydrogen-bond acceptors (Lipinski definition) is 4. The molecule has 168 valence electrons. The Morgan fingerprint density at radius 3 is 2.58 bits per heavy atom. The van der Waals surface area contributed by atoms with Crippen molar-refractivity contribution in [2.24, 2.45) is 7.05 Å². The molecule has 5 rings (SSSR count). The second kappa shape index (κ2) is 8.50.